The van der Waals surface area contributed by atoms with Crippen LogP contribution in [0.3, 0.4) is 0 Å². The van der Waals surface area contributed by atoms with Gasteiger partial charge in [0.2, 0.25) is 0 Å². The Morgan fingerprint density at radius 3 is 2.27 bits per heavy atom. The molecule has 1 aliphatic rings. The molecule has 0 spiro atoms. The number of carbonyl (C=O) groups is 1. The van der Waals surface area contributed by atoms with Gasteiger partial charge in [-0.1, -0.05) is 0 Å². The van der Waals surface area contributed by atoms with Crippen LogP contribution in [0, 0.1) is 6.92 Å². The van der Waals surface area contributed by atoms with Crippen LogP contribution in [0.15, 0.2) is 84.9 Å². The predicted molar refractivity (Wildman–Crippen MR) is 138 cm³/mol. The fraction of sp³-hybridized carbons (Fsp3) is 0.167. The first-order valence-corrected chi connectivity index (χ1v) is 12.9. The average molecular weight is 497 g/mol. The Morgan fingerprint density at radius 2 is 1.52 bits per heavy atom. The summed E-state index contributed by atoms with van der Waals surface area (Å²) >= 11 is 0.177. The molecule has 1 aliphatic carbocycles. The van der Waals surface area contributed by atoms with Crippen molar-refractivity contribution in [2.24, 2.45) is 0 Å². The maximum atomic E-state index is 11.3. The van der Waals surface area contributed by atoms with Gasteiger partial charge < -0.3 is 0 Å². The summed E-state index contributed by atoms with van der Waals surface area (Å²) in [5, 5.41) is 11.3. The SMILES string of the molecule is Cc1ccc(C2=CCC(C)(C)c3cc([Se]c4ccc5cc(C(=O)O)ccc5c4)ccc32)cc1. The van der Waals surface area contributed by atoms with E-state index >= 15 is 0 Å². The van der Waals surface area contributed by atoms with Crippen molar-refractivity contribution < 1.29 is 9.90 Å². The molecule has 0 aliphatic heterocycles. The molecule has 0 radical (unpaired) electrons. The summed E-state index contributed by atoms with van der Waals surface area (Å²) in [5.74, 6) is -0.888. The molecule has 33 heavy (non-hydrogen) atoms. The van der Waals surface area contributed by atoms with Gasteiger partial charge in [-0.3, -0.25) is 0 Å². The zero-order valence-corrected chi connectivity index (χ0v) is 20.8. The molecule has 0 saturated heterocycles. The maximum absolute atomic E-state index is 11.3. The van der Waals surface area contributed by atoms with Gasteiger partial charge >= 0.3 is 201 Å². The van der Waals surface area contributed by atoms with Gasteiger partial charge in [0.1, 0.15) is 0 Å². The Hall–Kier alpha value is -3.13. The number of hydrogen-bond donors (Lipinski definition) is 1. The number of aryl methyl sites for hydroxylation is 1. The van der Waals surface area contributed by atoms with Crippen LogP contribution in [0.5, 0.6) is 0 Å². The van der Waals surface area contributed by atoms with Gasteiger partial charge in [0.15, 0.2) is 0 Å². The monoisotopic (exact) mass is 498 g/mol. The fourth-order valence-corrected chi connectivity index (χ4v) is 6.42. The summed E-state index contributed by atoms with van der Waals surface area (Å²) in [4.78, 5) is 11.3. The van der Waals surface area contributed by atoms with Crippen LogP contribution in [0.1, 0.15) is 52.9 Å². The van der Waals surface area contributed by atoms with E-state index in [-0.39, 0.29) is 20.4 Å². The molecule has 4 aromatic carbocycles. The van der Waals surface area contributed by atoms with Crippen molar-refractivity contribution in [3.8, 4) is 0 Å². The Bertz CT molecular complexity index is 1410. The zero-order chi connectivity index (χ0) is 23.2. The van der Waals surface area contributed by atoms with E-state index < -0.39 is 5.97 Å². The summed E-state index contributed by atoms with van der Waals surface area (Å²) in [7, 11) is 0. The van der Waals surface area contributed by atoms with Crippen molar-refractivity contribution in [2.75, 3.05) is 0 Å². The number of carboxylic acid groups (broad SMARTS) is 1. The van der Waals surface area contributed by atoms with Crippen LogP contribution in [0.4, 0.5) is 0 Å². The van der Waals surface area contributed by atoms with E-state index in [1.807, 2.05) is 12.1 Å². The van der Waals surface area contributed by atoms with Gasteiger partial charge in [0.25, 0.3) is 0 Å². The van der Waals surface area contributed by atoms with Crippen LogP contribution >= 0.6 is 0 Å². The molecule has 1 N–H and O–H groups in total. The summed E-state index contributed by atoms with van der Waals surface area (Å²) < 4.78 is 2.65. The van der Waals surface area contributed by atoms with E-state index in [0.29, 0.717) is 5.56 Å². The molecule has 3 heteroatoms. The molecule has 164 valence electrons. The molecule has 0 fully saturated rings. The summed E-state index contributed by atoms with van der Waals surface area (Å²) in [6.07, 6.45) is 3.42. The Kier molecular flexibility index (Phi) is 5.48. The van der Waals surface area contributed by atoms with Crippen molar-refractivity contribution in [1.29, 1.82) is 0 Å². The van der Waals surface area contributed by atoms with Crippen LogP contribution < -0.4 is 8.92 Å². The van der Waals surface area contributed by atoms with E-state index in [4.69, 9.17) is 0 Å². The van der Waals surface area contributed by atoms with E-state index in [9.17, 15) is 9.90 Å². The normalized spacial score (nSPS) is 14.6. The van der Waals surface area contributed by atoms with Crippen LogP contribution in [-0.4, -0.2) is 26.0 Å². The number of carboxylic acids is 1. The summed E-state index contributed by atoms with van der Waals surface area (Å²) in [6, 6.07) is 27.5. The van der Waals surface area contributed by atoms with Crippen LogP contribution in [0.25, 0.3) is 16.3 Å². The van der Waals surface area contributed by atoms with Gasteiger partial charge in [0, 0.05) is 0 Å². The zero-order valence-electron chi connectivity index (χ0n) is 19.1. The summed E-state index contributed by atoms with van der Waals surface area (Å²) in [5.41, 5.74) is 7.10. The van der Waals surface area contributed by atoms with Crippen molar-refractivity contribution in [1.82, 2.24) is 0 Å². The van der Waals surface area contributed by atoms with Gasteiger partial charge in [-0.25, -0.2) is 0 Å². The molecular formula is C30H26O2Se. The quantitative estimate of drug-likeness (QED) is 0.372. The number of aromatic carboxylic acids is 1. The van der Waals surface area contributed by atoms with E-state index in [1.54, 1.807) is 12.1 Å². The first kappa shape index (κ1) is 21.7. The first-order chi connectivity index (χ1) is 15.8. The van der Waals surface area contributed by atoms with Gasteiger partial charge in [-0.05, 0) is 0 Å². The summed E-state index contributed by atoms with van der Waals surface area (Å²) in [6.45, 7) is 6.80. The van der Waals surface area contributed by atoms with Crippen molar-refractivity contribution >= 4 is 46.2 Å². The third-order valence-electron chi connectivity index (χ3n) is 6.48. The molecule has 5 rings (SSSR count). The molecule has 2 nitrogen and oxygen atoms in total. The van der Waals surface area contributed by atoms with Crippen molar-refractivity contribution in [2.45, 2.75) is 32.6 Å². The first-order valence-electron chi connectivity index (χ1n) is 11.2. The van der Waals surface area contributed by atoms with Gasteiger partial charge in [0.05, 0.1) is 0 Å². The Morgan fingerprint density at radius 1 is 0.848 bits per heavy atom. The second-order valence-corrected chi connectivity index (χ2v) is 11.8. The number of allylic oxidation sites excluding steroid dienone is 1. The molecular weight excluding hydrogens is 471 g/mol. The topological polar surface area (TPSA) is 37.3 Å². The third-order valence-corrected chi connectivity index (χ3v) is 8.54. The number of hydrogen-bond acceptors (Lipinski definition) is 1. The molecule has 0 saturated carbocycles. The van der Waals surface area contributed by atoms with E-state index in [0.717, 1.165) is 17.2 Å². The third kappa shape index (κ3) is 4.27. The van der Waals surface area contributed by atoms with Gasteiger partial charge in [-0.15, -0.1) is 0 Å². The molecule has 0 heterocycles. The molecule has 0 aromatic heterocycles. The Balaban J connectivity index is 1.48. The van der Waals surface area contributed by atoms with Crippen molar-refractivity contribution in [3.05, 3.63) is 113 Å². The van der Waals surface area contributed by atoms with Crippen molar-refractivity contribution in [3.63, 3.8) is 0 Å². The Labute approximate surface area is 201 Å². The minimum atomic E-state index is -0.888. The second-order valence-electron chi connectivity index (χ2n) is 9.41. The second kappa shape index (κ2) is 8.33. The molecule has 0 amide bonds. The average Bonchev–Trinajstić information content (AvgIpc) is 2.80. The number of fused-ring (bicyclic) bond motifs is 2. The standard InChI is InChI=1S/C30H26O2Se/c1-19-4-6-20(7-5-19)26-14-15-30(2,3)28-18-25(12-13-27(26)28)33-24-11-10-21-16-23(29(31)32)9-8-22(21)17-24/h4-14,16-18H,15H2,1-3H3,(H,31,32). The van der Waals surface area contributed by atoms with Gasteiger partial charge in [-0.2, -0.15) is 0 Å². The molecule has 0 atom stereocenters. The van der Waals surface area contributed by atoms with Crippen LogP contribution in [0.2, 0.25) is 0 Å². The van der Waals surface area contributed by atoms with Crippen LogP contribution in [-0.2, 0) is 5.41 Å². The molecule has 0 unspecified atom stereocenters. The van der Waals surface area contributed by atoms with E-state index in [2.05, 4.69) is 81.4 Å². The molecule has 0 bridgehead atoms. The number of benzene rings is 4. The fourth-order valence-electron chi connectivity index (χ4n) is 4.52. The minimum absolute atomic E-state index is 0.103. The number of rotatable bonds is 4. The predicted octanol–water partition coefficient (Wildman–Crippen LogP) is 5.61. The molecule has 4 aromatic rings. The van der Waals surface area contributed by atoms with E-state index in [1.165, 1.54) is 36.8 Å².